The second kappa shape index (κ2) is 7.19. The molecule has 1 aromatic heterocycles. The van der Waals surface area contributed by atoms with Gasteiger partial charge in [-0.2, -0.15) is 0 Å². The third-order valence-electron chi connectivity index (χ3n) is 3.06. The molecule has 8 nitrogen and oxygen atoms in total. The third-order valence-corrected chi connectivity index (χ3v) is 3.06. The van der Waals surface area contributed by atoms with Crippen LogP contribution in [-0.2, 0) is 20.7 Å². The van der Waals surface area contributed by atoms with Crippen molar-refractivity contribution in [3.8, 4) is 0 Å². The Labute approximate surface area is 121 Å². The van der Waals surface area contributed by atoms with Crippen LogP contribution in [0.1, 0.15) is 12.7 Å². The van der Waals surface area contributed by atoms with Gasteiger partial charge in [-0.05, 0) is 6.92 Å². The Morgan fingerprint density at radius 3 is 3.19 bits per heavy atom. The highest BCUT2D eigenvalue weighted by Gasteiger charge is 2.21. The molecule has 1 aliphatic heterocycles. The number of ether oxygens (including phenoxy) is 2. The number of esters is 1. The van der Waals surface area contributed by atoms with Crippen LogP contribution in [0.4, 0.5) is 5.82 Å². The van der Waals surface area contributed by atoms with Crippen LogP contribution in [0, 0.1) is 0 Å². The minimum atomic E-state index is -0.437. The zero-order valence-corrected chi connectivity index (χ0v) is 11.9. The van der Waals surface area contributed by atoms with Crippen LogP contribution < -0.4 is 10.5 Å². The summed E-state index contributed by atoms with van der Waals surface area (Å²) in [7, 11) is 0. The first-order valence-electron chi connectivity index (χ1n) is 6.85. The Hall–Kier alpha value is -1.93. The summed E-state index contributed by atoms with van der Waals surface area (Å²) in [5.74, 6) is 0.302. The van der Waals surface area contributed by atoms with Gasteiger partial charge in [-0.25, -0.2) is 4.98 Å². The van der Waals surface area contributed by atoms with Gasteiger partial charge in [-0.3, -0.25) is 9.59 Å². The van der Waals surface area contributed by atoms with Crippen molar-refractivity contribution in [1.29, 1.82) is 0 Å². The number of anilines is 1. The van der Waals surface area contributed by atoms with Crippen LogP contribution in [0.25, 0.3) is 0 Å². The first kappa shape index (κ1) is 15.5. The van der Waals surface area contributed by atoms with E-state index in [0.717, 1.165) is 0 Å². The number of H-pyrrole nitrogens is 1. The van der Waals surface area contributed by atoms with Crippen molar-refractivity contribution in [2.45, 2.75) is 19.4 Å². The largest absolute Gasteiger partial charge is 0.466 e. The quantitative estimate of drug-likeness (QED) is 0.677. The zero-order valence-electron chi connectivity index (χ0n) is 11.9. The van der Waals surface area contributed by atoms with Crippen molar-refractivity contribution in [3.05, 3.63) is 22.2 Å². The molecule has 0 radical (unpaired) electrons. The zero-order chi connectivity index (χ0) is 15.2. The maximum atomic E-state index is 11.7. The highest BCUT2D eigenvalue weighted by Crippen LogP contribution is 2.13. The van der Waals surface area contributed by atoms with E-state index in [1.165, 1.54) is 6.07 Å². The van der Waals surface area contributed by atoms with Crippen LogP contribution in [0.15, 0.2) is 10.9 Å². The first-order valence-corrected chi connectivity index (χ1v) is 6.85. The van der Waals surface area contributed by atoms with Gasteiger partial charge in [-0.15, -0.1) is 0 Å². The summed E-state index contributed by atoms with van der Waals surface area (Å²) in [5, 5.41) is 9.14. The van der Waals surface area contributed by atoms with E-state index in [4.69, 9.17) is 14.6 Å². The van der Waals surface area contributed by atoms with Gasteiger partial charge in [0.05, 0.1) is 25.9 Å². The lowest BCUT2D eigenvalue weighted by Crippen LogP contribution is -2.45. The van der Waals surface area contributed by atoms with E-state index in [2.05, 4.69) is 9.97 Å². The summed E-state index contributed by atoms with van der Waals surface area (Å²) in [6.07, 6.45) is -0.377. The van der Waals surface area contributed by atoms with E-state index < -0.39 is 5.97 Å². The molecule has 1 aliphatic rings. The molecule has 2 rings (SSSR count). The summed E-state index contributed by atoms with van der Waals surface area (Å²) >= 11 is 0. The topological polar surface area (TPSA) is 105 Å². The molecule has 21 heavy (non-hydrogen) atoms. The number of hydrogen-bond donors (Lipinski definition) is 2. The smallest absolute Gasteiger partial charge is 0.313 e. The van der Waals surface area contributed by atoms with Gasteiger partial charge in [0.1, 0.15) is 18.1 Å². The molecule has 0 amide bonds. The minimum absolute atomic E-state index is 0.0787. The Morgan fingerprint density at radius 1 is 1.67 bits per heavy atom. The molecule has 0 saturated carbocycles. The Bertz CT molecular complexity index is 545. The lowest BCUT2D eigenvalue weighted by Gasteiger charge is -2.32. The minimum Gasteiger partial charge on any atom is -0.466 e. The van der Waals surface area contributed by atoms with Crippen molar-refractivity contribution in [3.63, 3.8) is 0 Å². The van der Waals surface area contributed by atoms with Crippen molar-refractivity contribution < 1.29 is 19.4 Å². The predicted molar refractivity (Wildman–Crippen MR) is 74.2 cm³/mol. The van der Waals surface area contributed by atoms with Crippen LogP contribution in [0.2, 0.25) is 0 Å². The van der Waals surface area contributed by atoms with E-state index >= 15 is 0 Å². The van der Waals surface area contributed by atoms with E-state index in [9.17, 15) is 9.59 Å². The normalized spacial score (nSPS) is 18.6. The molecule has 1 fully saturated rings. The number of nitrogens with one attached hydrogen (secondary N) is 1. The molecule has 0 aromatic carbocycles. The van der Waals surface area contributed by atoms with Crippen LogP contribution >= 0.6 is 0 Å². The fourth-order valence-corrected chi connectivity index (χ4v) is 2.13. The number of aliphatic hydroxyl groups is 1. The maximum absolute atomic E-state index is 11.7. The molecule has 0 spiro atoms. The molecule has 1 saturated heterocycles. The Kier molecular flexibility index (Phi) is 5.29. The molecule has 2 N–H and O–H groups in total. The molecule has 116 valence electrons. The standard InChI is InChI=1S/C13H19N3O5/c1-2-20-13(19)5-10-14-11(6-12(18)15-10)16-3-4-21-9(7-16)8-17/h6,9,17H,2-5,7-8H2,1H3,(H,14,15,18). The molecular weight excluding hydrogens is 278 g/mol. The SMILES string of the molecule is CCOC(=O)Cc1nc(N2CCOC(CO)C2)cc(=O)[nH]1. The Balaban J connectivity index is 2.14. The Morgan fingerprint density at radius 2 is 2.48 bits per heavy atom. The van der Waals surface area contributed by atoms with Gasteiger partial charge < -0.3 is 24.5 Å². The molecule has 1 unspecified atom stereocenters. The van der Waals surface area contributed by atoms with Crippen molar-refractivity contribution in [2.75, 3.05) is 37.8 Å². The third kappa shape index (κ3) is 4.27. The summed E-state index contributed by atoms with van der Waals surface area (Å²) in [6.45, 7) is 3.39. The van der Waals surface area contributed by atoms with Crippen LogP contribution in [-0.4, -0.2) is 60.1 Å². The molecule has 1 atom stereocenters. The molecule has 2 heterocycles. The van der Waals surface area contributed by atoms with Gasteiger partial charge in [0.15, 0.2) is 0 Å². The second-order valence-electron chi connectivity index (χ2n) is 4.65. The number of aromatic nitrogens is 2. The molecule has 0 bridgehead atoms. The monoisotopic (exact) mass is 297 g/mol. The molecular formula is C13H19N3O5. The van der Waals surface area contributed by atoms with E-state index in [1.807, 2.05) is 4.90 Å². The highest BCUT2D eigenvalue weighted by atomic mass is 16.5. The van der Waals surface area contributed by atoms with Crippen molar-refractivity contribution >= 4 is 11.8 Å². The van der Waals surface area contributed by atoms with Gasteiger partial charge in [0.25, 0.3) is 5.56 Å². The van der Waals surface area contributed by atoms with Gasteiger partial charge in [-0.1, -0.05) is 0 Å². The van der Waals surface area contributed by atoms with Gasteiger partial charge in [0, 0.05) is 19.2 Å². The number of carbonyl (C=O) groups excluding carboxylic acids is 1. The average Bonchev–Trinajstić information content (AvgIpc) is 2.47. The van der Waals surface area contributed by atoms with E-state index in [1.54, 1.807) is 6.92 Å². The van der Waals surface area contributed by atoms with Crippen molar-refractivity contribution in [2.24, 2.45) is 0 Å². The predicted octanol–water partition coefficient (Wildman–Crippen LogP) is -0.927. The molecule has 1 aromatic rings. The average molecular weight is 297 g/mol. The number of aromatic amines is 1. The maximum Gasteiger partial charge on any atom is 0.313 e. The number of rotatable bonds is 5. The fourth-order valence-electron chi connectivity index (χ4n) is 2.13. The van der Waals surface area contributed by atoms with Crippen molar-refractivity contribution in [1.82, 2.24) is 9.97 Å². The van der Waals surface area contributed by atoms with E-state index in [-0.39, 0.29) is 37.1 Å². The fraction of sp³-hybridized carbons (Fsp3) is 0.615. The number of carbonyl (C=O) groups is 1. The lowest BCUT2D eigenvalue weighted by molar-refractivity contribution is -0.142. The first-order chi connectivity index (χ1) is 10.1. The molecule has 0 aliphatic carbocycles. The van der Waals surface area contributed by atoms with E-state index in [0.29, 0.717) is 25.5 Å². The molecule has 8 heteroatoms. The van der Waals surface area contributed by atoms with Gasteiger partial charge in [0.2, 0.25) is 0 Å². The highest BCUT2D eigenvalue weighted by molar-refractivity contribution is 5.71. The second-order valence-corrected chi connectivity index (χ2v) is 4.65. The van der Waals surface area contributed by atoms with Gasteiger partial charge >= 0.3 is 5.97 Å². The number of morpholine rings is 1. The lowest BCUT2D eigenvalue weighted by atomic mass is 10.3. The number of aliphatic hydroxyl groups excluding tert-OH is 1. The van der Waals surface area contributed by atoms with Crippen LogP contribution in [0.5, 0.6) is 0 Å². The number of hydrogen-bond acceptors (Lipinski definition) is 7. The summed E-state index contributed by atoms with van der Waals surface area (Å²) in [5.41, 5.74) is -0.327. The van der Waals surface area contributed by atoms with Crippen LogP contribution in [0.3, 0.4) is 0 Å². The number of nitrogens with zero attached hydrogens (tertiary/aromatic N) is 2. The summed E-state index contributed by atoms with van der Waals surface area (Å²) in [6, 6.07) is 1.37. The summed E-state index contributed by atoms with van der Waals surface area (Å²) in [4.78, 5) is 31.8. The summed E-state index contributed by atoms with van der Waals surface area (Å²) < 4.78 is 10.2.